The molecule has 3 amide bonds. The van der Waals surface area contributed by atoms with Crippen molar-refractivity contribution in [3.05, 3.63) is 59.8 Å². The number of methoxy groups -OCH3 is 2. The molecule has 2 N–H and O–H groups in total. The molecule has 3 aromatic rings. The average molecular weight is 494 g/mol. The second kappa shape index (κ2) is 11.2. The van der Waals surface area contributed by atoms with Crippen molar-refractivity contribution in [1.82, 2.24) is 14.7 Å². The molecule has 0 spiro atoms. The van der Waals surface area contributed by atoms with Gasteiger partial charge in [-0.2, -0.15) is 5.10 Å². The van der Waals surface area contributed by atoms with Crippen LogP contribution < -0.4 is 20.1 Å². The number of benzene rings is 2. The summed E-state index contributed by atoms with van der Waals surface area (Å²) in [7, 11) is 3.07. The highest BCUT2D eigenvalue weighted by Gasteiger charge is 2.23. The predicted octanol–water partition coefficient (Wildman–Crippen LogP) is 4.99. The van der Waals surface area contributed by atoms with Gasteiger partial charge in [0.2, 0.25) is 5.91 Å². The molecule has 36 heavy (non-hydrogen) atoms. The molecule has 9 nitrogen and oxygen atoms in total. The van der Waals surface area contributed by atoms with Crippen molar-refractivity contribution in [2.24, 2.45) is 0 Å². The van der Waals surface area contributed by atoms with Crippen LogP contribution >= 0.6 is 0 Å². The molecule has 0 atom stereocenters. The molecular formula is C27H35N5O4. The van der Waals surface area contributed by atoms with E-state index in [-0.39, 0.29) is 17.9 Å². The van der Waals surface area contributed by atoms with Crippen LogP contribution in [0.4, 0.5) is 16.3 Å². The van der Waals surface area contributed by atoms with Crippen molar-refractivity contribution in [3.8, 4) is 17.2 Å². The summed E-state index contributed by atoms with van der Waals surface area (Å²) in [5.74, 6) is 1.28. The van der Waals surface area contributed by atoms with Gasteiger partial charge in [-0.25, -0.2) is 9.48 Å². The smallest absolute Gasteiger partial charge is 0.322 e. The second-order valence-corrected chi connectivity index (χ2v) is 9.47. The van der Waals surface area contributed by atoms with Gasteiger partial charge in [0, 0.05) is 24.1 Å². The number of amides is 3. The first-order chi connectivity index (χ1) is 17.0. The number of ether oxygens (including phenoxy) is 2. The van der Waals surface area contributed by atoms with Gasteiger partial charge in [-0.3, -0.25) is 4.79 Å². The van der Waals surface area contributed by atoms with Gasteiger partial charge in [0.05, 0.1) is 31.3 Å². The summed E-state index contributed by atoms with van der Waals surface area (Å²) in [6, 6.07) is 14.5. The Morgan fingerprint density at radius 1 is 1.00 bits per heavy atom. The van der Waals surface area contributed by atoms with E-state index in [2.05, 4.69) is 31.4 Å². The fourth-order valence-electron chi connectivity index (χ4n) is 3.50. The molecule has 1 aromatic heterocycles. The minimum Gasteiger partial charge on any atom is -0.497 e. The summed E-state index contributed by atoms with van der Waals surface area (Å²) >= 11 is 0. The third-order valence-corrected chi connectivity index (χ3v) is 5.68. The highest BCUT2D eigenvalue weighted by Crippen LogP contribution is 2.29. The van der Waals surface area contributed by atoms with Crippen LogP contribution in [-0.4, -0.2) is 53.9 Å². The summed E-state index contributed by atoms with van der Waals surface area (Å²) in [5.41, 5.74) is 3.08. The Hall–Kier alpha value is -4.01. The van der Waals surface area contributed by atoms with E-state index < -0.39 is 6.03 Å². The van der Waals surface area contributed by atoms with Crippen molar-refractivity contribution < 1.29 is 19.1 Å². The summed E-state index contributed by atoms with van der Waals surface area (Å²) in [4.78, 5) is 27.4. The molecule has 0 aliphatic carbocycles. The third-order valence-electron chi connectivity index (χ3n) is 5.68. The van der Waals surface area contributed by atoms with E-state index in [1.807, 2.05) is 44.2 Å². The Morgan fingerprint density at radius 3 is 2.28 bits per heavy atom. The van der Waals surface area contributed by atoms with Gasteiger partial charge in [-0.15, -0.1) is 0 Å². The fourth-order valence-corrected chi connectivity index (χ4v) is 3.50. The van der Waals surface area contributed by atoms with Crippen LogP contribution in [0.15, 0.2) is 48.5 Å². The maximum atomic E-state index is 13.0. The number of rotatable bonds is 8. The van der Waals surface area contributed by atoms with Crippen molar-refractivity contribution in [2.45, 2.75) is 40.0 Å². The molecule has 0 saturated carbocycles. The van der Waals surface area contributed by atoms with E-state index in [9.17, 15) is 9.59 Å². The zero-order chi connectivity index (χ0) is 26.5. The van der Waals surface area contributed by atoms with Crippen LogP contribution in [0, 0.1) is 6.92 Å². The Balaban J connectivity index is 1.77. The van der Waals surface area contributed by atoms with Crippen LogP contribution in [0.1, 0.15) is 39.0 Å². The number of hydrogen-bond acceptors (Lipinski definition) is 5. The van der Waals surface area contributed by atoms with Crippen molar-refractivity contribution in [3.63, 3.8) is 0 Å². The van der Waals surface area contributed by atoms with E-state index in [0.29, 0.717) is 29.5 Å². The highest BCUT2D eigenvalue weighted by molar-refractivity contribution is 5.97. The molecule has 0 bridgehead atoms. The Kier molecular flexibility index (Phi) is 8.24. The fraction of sp³-hybridized carbons (Fsp3) is 0.370. The molecular weight excluding hydrogens is 458 g/mol. The molecule has 0 saturated heterocycles. The Morgan fingerprint density at radius 2 is 1.69 bits per heavy atom. The number of anilines is 2. The van der Waals surface area contributed by atoms with Gasteiger partial charge >= 0.3 is 6.03 Å². The van der Waals surface area contributed by atoms with Crippen LogP contribution in [-0.2, 0) is 10.2 Å². The molecule has 2 aromatic carbocycles. The molecule has 3 rings (SSSR count). The molecule has 192 valence electrons. The lowest BCUT2D eigenvalue weighted by atomic mass is 9.92. The number of aromatic nitrogens is 2. The van der Waals surface area contributed by atoms with E-state index in [0.717, 1.165) is 16.9 Å². The van der Waals surface area contributed by atoms with Crippen LogP contribution in [0.2, 0.25) is 0 Å². The summed E-state index contributed by atoms with van der Waals surface area (Å²) in [5, 5.41) is 10.5. The standard InChI is InChI=1S/C27H35N5O4/c1-8-31(26(34)28-21-14-13-20(35-6)15-22(21)36-7)17-25(33)29-24-16-23(27(3,4)5)30-32(24)19-11-9-18(2)10-12-19/h9-16H,8,17H2,1-7H3,(H,28,34)(H,29,33). The lowest BCUT2D eigenvalue weighted by Gasteiger charge is -2.22. The quantitative estimate of drug-likeness (QED) is 0.461. The molecule has 0 aliphatic rings. The van der Waals surface area contributed by atoms with Gasteiger partial charge in [0.15, 0.2) is 0 Å². The average Bonchev–Trinajstić information content (AvgIpc) is 3.27. The number of carbonyl (C=O) groups excluding carboxylic acids is 2. The summed E-state index contributed by atoms with van der Waals surface area (Å²) < 4.78 is 12.3. The highest BCUT2D eigenvalue weighted by atomic mass is 16.5. The summed E-state index contributed by atoms with van der Waals surface area (Å²) in [6.45, 7) is 10.2. The van der Waals surface area contributed by atoms with Crippen molar-refractivity contribution in [1.29, 1.82) is 0 Å². The second-order valence-electron chi connectivity index (χ2n) is 9.47. The first-order valence-corrected chi connectivity index (χ1v) is 11.8. The molecule has 0 unspecified atom stereocenters. The number of hydrogen-bond donors (Lipinski definition) is 2. The SMILES string of the molecule is CCN(CC(=O)Nc1cc(C(C)(C)C)nn1-c1ccc(C)cc1)C(=O)Nc1ccc(OC)cc1OC. The van der Waals surface area contributed by atoms with Gasteiger partial charge in [-0.05, 0) is 38.1 Å². The number of carbonyl (C=O) groups is 2. The molecule has 1 heterocycles. The van der Waals surface area contributed by atoms with E-state index in [4.69, 9.17) is 14.6 Å². The predicted molar refractivity (Wildman–Crippen MR) is 141 cm³/mol. The maximum Gasteiger partial charge on any atom is 0.322 e. The number of likely N-dealkylation sites (N-methyl/N-ethyl adjacent to an activating group) is 1. The van der Waals surface area contributed by atoms with Crippen LogP contribution in [0.25, 0.3) is 5.69 Å². The van der Waals surface area contributed by atoms with Gasteiger partial charge in [0.25, 0.3) is 0 Å². The minimum atomic E-state index is -0.418. The summed E-state index contributed by atoms with van der Waals surface area (Å²) in [6.07, 6.45) is 0. The normalized spacial score (nSPS) is 11.1. The van der Waals surface area contributed by atoms with Gasteiger partial charge in [-0.1, -0.05) is 38.5 Å². The first-order valence-electron chi connectivity index (χ1n) is 11.8. The maximum absolute atomic E-state index is 13.0. The number of nitrogens with zero attached hydrogens (tertiary/aromatic N) is 3. The topological polar surface area (TPSA) is 97.7 Å². The van der Waals surface area contributed by atoms with E-state index in [1.54, 1.807) is 30.0 Å². The van der Waals surface area contributed by atoms with Crippen LogP contribution in [0.5, 0.6) is 11.5 Å². The van der Waals surface area contributed by atoms with E-state index >= 15 is 0 Å². The van der Waals surface area contributed by atoms with E-state index in [1.165, 1.54) is 12.0 Å². The van der Waals surface area contributed by atoms with Gasteiger partial charge in [0.1, 0.15) is 23.9 Å². The lowest BCUT2D eigenvalue weighted by molar-refractivity contribution is -0.116. The van der Waals surface area contributed by atoms with Gasteiger partial charge < -0.3 is 25.0 Å². The molecule has 9 heteroatoms. The van der Waals surface area contributed by atoms with Crippen LogP contribution in [0.3, 0.4) is 0 Å². The number of nitrogens with one attached hydrogen (secondary N) is 2. The zero-order valence-electron chi connectivity index (χ0n) is 22.0. The number of aryl methyl sites for hydroxylation is 1. The lowest BCUT2D eigenvalue weighted by Crippen LogP contribution is -2.40. The van der Waals surface area contributed by atoms with Crippen molar-refractivity contribution in [2.75, 3.05) is 37.9 Å². The zero-order valence-corrected chi connectivity index (χ0v) is 22.0. The third kappa shape index (κ3) is 6.35. The first kappa shape index (κ1) is 26.6. The number of urea groups is 1. The Labute approximate surface area is 212 Å². The molecule has 0 aliphatic heterocycles. The minimum absolute atomic E-state index is 0.134. The molecule has 0 radical (unpaired) electrons. The Bertz CT molecular complexity index is 1210. The largest absolute Gasteiger partial charge is 0.497 e. The molecule has 0 fully saturated rings. The van der Waals surface area contributed by atoms with Crippen molar-refractivity contribution >= 4 is 23.4 Å². The monoisotopic (exact) mass is 493 g/mol.